The van der Waals surface area contributed by atoms with Crippen molar-refractivity contribution in [3.05, 3.63) is 76.9 Å². The standard InChI is InChI=1S/C21H21ClN4O2/c1-14(2)28-17-9-7-16(8-10-17)24-20-12-11-19(25-26-20)21(27)23-13-15-5-3-4-6-18(15)22/h3-12,14H,13H2,1-2H3,(H,23,27)(H,24,26). The zero-order chi connectivity index (χ0) is 19.9. The Morgan fingerprint density at radius 3 is 2.43 bits per heavy atom. The summed E-state index contributed by atoms with van der Waals surface area (Å²) in [6.45, 7) is 4.28. The van der Waals surface area contributed by atoms with E-state index in [1.54, 1.807) is 18.2 Å². The van der Waals surface area contributed by atoms with Gasteiger partial charge in [0.05, 0.1) is 6.10 Å². The van der Waals surface area contributed by atoms with Crippen LogP contribution in [0.1, 0.15) is 29.9 Å². The van der Waals surface area contributed by atoms with Crippen LogP contribution in [0.15, 0.2) is 60.7 Å². The summed E-state index contributed by atoms with van der Waals surface area (Å²) in [6, 6.07) is 18.2. The number of rotatable bonds is 7. The van der Waals surface area contributed by atoms with Gasteiger partial charge in [-0.15, -0.1) is 10.2 Å². The van der Waals surface area contributed by atoms with Crippen molar-refractivity contribution >= 4 is 29.0 Å². The number of carbonyl (C=O) groups excluding carboxylic acids is 1. The first-order valence-electron chi connectivity index (χ1n) is 8.90. The molecule has 6 nitrogen and oxygen atoms in total. The van der Waals surface area contributed by atoms with Crippen LogP contribution in [0.3, 0.4) is 0 Å². The Kier molecular flexibility index (Phi) is 6.45. The van der Waals surface area contributed by atoms with Gasteiger partial charge in [-0.25, -0.2) is 0 Å². The number of halogens is 1. The number of nitrogens with zero attached hydrogens (tertiary/aromatic N) is 2. The topological polar surface area (TPSA) is 76.1 Å². The van der Waals surface area contributed by atoms with Gasteiger partial charge in [-0.3, -0.25) is 4.79 Å². The fourth-order valence-corrected chi connectivity index (χ4v) is 2.67. The third-order valence-corrected chi connectivity index (χ3v) is 4.16. The number of nitrogens with one attached hydrogen (secondary N) is 2. The Morgan fingerprint density at radius 1 is 1.04 bits per heavy atom. The van der Waals surface area contributed by atoms with Crippen molar-refractivity contribution in [2.24, 2.45) is 0 Å². The van der Waals surface area contributed by atoms with Gasteiger partial charge in [-0.05, 0) is 61.9 Å². The summed E-state index contributed by atoms with van der Waals surface area (Å²) in [7, 11) is 0. The van der Waals surface area contributed by atoms with E-state index < -0.39 is 0 Å². The van der Waals surface area contributed by atoms with E-state index in [0.29, 0.717) is 17.4 Å². The molecule has 0 atom stereocenters. The third kappa shape index (κ3) is 5.44. The lowest BCUT2D eigenvalue weighted by Gasteiger charge is -2.11. The summed E-state index contributed by atoms with van der Waals surface area (Å²) >= 11 is 6.09. The molecule has 1 aromatic heterocycles. The minimum atomic E-state index is -0.311. The Balaban J connectivity index is 1.57. The second-order valence-electron chi connectivity index (χ2n) is 6.39. The van der Waals surface area contributed by atoms with E-state index in [1.807, 2.05) is 56.3 Å². The fraction of sp³-hybridized carbons (Fsp3) is 0.190. The summed E-state index contributed by atoms with van der Waals surface area (Å²) in [5, 5.41) is 14.6. The summed E-state index contributed by atoms with van der Waals surface area (Å²) in [5.41, 5.74) is 1.92. The number of anilines is 2. The van der Waals surface area contributed by atoms with E-state index in [2.05, 4.69) is 20.8 Å². The Bertz CT molecular complexity index is 928. The molecule has 0 saturated heterocycles. The second kappa shape index (κ2) is 9.19. The molecule has 0 unspecified atom stereocenters. The summed E-state index contributed by atoms with van der Waals surface area (Å²) < 4.78 is 5.62. The maximum atomic E-state index is 12.2. The molecule has 0 spiro atoms. The molecule has 0 aliphatic heterocycles. The first-order chi connectivity index (χ1) is 13.5. The number of amides is 1. The van der Waals surface area contributed by atoms with Crippen LogP contribution in [0.2, 0.25) is 5.02 Å². The molecule has 0 radical (unpaired) electrons. The maximum absolute atomic E-state index is 12.2. The van der Waals surface area contributed by atoms with Crippen LogP contribution < -0.4 is 15.4 Å². The highest BCUT2D eigenvalue weighted by Gasteiger charge is 2.09. The third-order valence-electron chi connectivity index (χ3n) is 3.79. The molecule has 2 N–H and O–H groups in total. The lowest BCUT2D eigenvalue weighted by Crippen LogP contribution is -2.24. The van der Waals surface area contributed by atoms with Gasteiger partial charge in [0.2, 0.25) is 0 Å². The second-order valence-corrected chi connectivity index (χ2v) is 6.80. The normalized spacial score (nSPS) is 10.6. The van der Waals surface area contributed by atoms with Gasteiger partial charge in [0.1, 0.15) is 5.75 Å². The highest BCUT2D eigenvalue weighted by atomic mass is 35.5. The predicted molar refractivity (Wildman–Crippen MR) is 110 cm³/mol. The van der Waals surface area contributed by atoms with Crippen molar-refractivity contribution < 1.29 is 9.53 Å². The van der Waals surface area contributed by atoms with E-state index in [1.165, 1.54) is 0 Å². The average Bonchev–Trinajstić information content (AvgIpc) is 2.69. The highest BCUT2D eigenvalue weighted by Crippen LogP contribution is 2.19. The van der Waals surface area contributed by atoms with Crippen LogP contribution in [-0.4, -0.2) is 22.2 Å². The summed E-state index contributed by atoms with van der Waals surface area (Å²) in [6.07, 6.45) is 0.126. The highest BCUT2D eigenvalue weighted by molar-refractivity contribution is 6.31. The van der Waals surface area contributed by atoms with Gasteiger partial charge in [0.25, 0.3) is 5.91 Å². The van der Waals surface area contributed by atoms with Crippen molar-refractivity contribution in [3.63, 3.8) is 0 Å². The van der Waals surface area contributed by atoms with Gasteiger partial charge >= 0.3 is 0 Å². The monoisotopic (exact) mass is 396 g/mol. The molecular weight excluding hydrogens is 376 g/mol. The SMILES string of the molecule is CC(C)Oc1ccc(Nc2ccc(C(=O)NCc3ccccc3Cl)nn2)cc1. The lowest BCUT2D eigenvalue weighted by molar-refractivity contribution is 0.0945. The van der Waals surface area contributed by atoms with Crippen LogP contribution in [0, 0.1) is 0 Å². The first-order valence-corrected chi connectivity index (χ1v) is 9.28. The van der Waals surface area contributed by atoms with Gasteiger partial charge in [-0.1, -0.05) is 29.8 Å². The number of carbonyl (C=O) groups is 1. The number of benzene rings is 2. The van der Waals surface area contributed by atoms with E-state index in [-0.39, 0.29) is 17.7 Å². The number of hydrogen-bond donors (Lipinski definition) is 2. The fourth-order valence-electron chi connectivity index (χ4n) is 2.46. The summed E-state index contributed by atoms with van der Waals surface area (Å²) in [5.74, 6) is 1.03. The Morgan fingerprint density at radius 2 is 1.79 bits per heavy atom. The molecule has 3 aromatic rings. The van der Waals surface area contributed by atoms with Gasteiger partial charge < -0.3 is 15.4 Å². The molecule has 7 heteroatoms. The molecule has 3 rings (SSSR count). The molecule has 0 aliphatic carbocycles. The van der Waals surface area contributed by atoms with Crippen LogP contribution >= 0.6 is 11.6 Å². The molecule has 0 fully saturated rings. The lowest BCUT2D eigenvalue weighted by atomic mass is 10.2. The smallest absolute Gasteiger partial charge is 0.272 e. The van der Waals surface area contributed by atoms with Crippen LogP contribution in [-0.2, 0) is 6.54 Å². The molecular formula is C21H21ClN4O2. The van der Waals surface area contributed by atoms with E-state index in [0.717, 1.165) is 17.0 Å². The van der Waals surface area contributed by atoms with Crippen molar-refractivity contribution in [2.75, 3.05) is 5.32 Å². The van der Waals surface area contributed by atoms with Crippen molar-refractivity contribution in [3.8, 4) is 5.75 Å². The van der Waals surface area contributed by atoms with Gasteiger partial charge in [-0.2, -0.15) is 0 Å². The molecule has 1 amide bonds. The Labute approximate surface area is 168 Å². The molecule has 0 aliphatic rings. The van der Waals surface area contributed by atoms with E-state index in [4.69, 9.17) is 16.3 Å². The quantitative estimate of drug-likeness (QED) is 0.610. The average molecular weight is 397 g/mol. The molecule has 0 saturated carbocycles. The molecule has 28 heavy (non-hydrogen) atoms. The maximum Gasteiger partial charge on any atom is 0.272 e. The molecule has 2 aromatic carbocycles. The zero-order valence-corrected chi connectivity index (χ0v) is 16.4. The van der Waals surface area contributed by atoms with Crippen LogP contribution in [0.4, 0.5) is 11.5 Å². The Hall–Kier alpha value is -3.12. The van der Waals surface area contributed by atoms with E-state index >= 15 is 0 Å². The largest absolute Gasteiger partial charge is 0.491 e. The van der Waals surface area contributed by atoms with Gasteiger partial charge in [0.15, 0.2) is 11.5 Å². The van der Waals surface area contributed by atoms with Gasteiger partial charge in [0, 0.05) is 17.3 Å². The molecule has 0 bridgehead atoms. The predicted octanol–water partition coefficient (Wildman–Crippen LogP) is 4.59. The van der Waals surface area contributed by atoms with Crippen LogP contribution in [0.25, 0.3) is 0 Å². The molecule has 144 valence electrons. The van der Waals surface area contributed by atoms with Crippen molar-refractivity contribution in [2.45, 2.75) is 26.5 Å². The number of aromatic nitrogens is 2. The minimum Gasteiger partial charge on any atom is -0.491 e. The number of hydrogen-bond acceptors (Lipinski definition) is 5. The zero-order valence-electron chi connectivity index (χ0n) is 15.6. The molecule has 1 heterocycles. The minimum absolute atomic E-state index is 0.126. The van der Waals surface area contributed by atoms with Crippen molar-refractivity contribution in [1.29, 1.82) is 0 Å². The van der Waals surface area contributed by atoms with Crippen LogP contribution in [0.5, 0.6) is 5.75 Å². The first kappa shape index (κ1) is 19.6. The summed E-state index contributed by atoms with van der Waals surface area (Å²) in [4.78, 5) is 12.2. The number of ether oxygens (including phenoxy) is 1. The van der Waals surface area contributed by atoms with E-state index in [9.17, 15) is 4.79 Å². The van der Waals surface area contributed by atoms with Crippen molar-refractivity contribution in [1.82, 2.24) is 15.5 Å².